The Morgan fingerprint density at radius 1 is 0.913 bits per heavy atom. The fourth-order valence-electron chi connectivity index (χ4n) is 7.52. The van der Waals surface area contributed by atoms with Crippen LogP contribution in [0, 0.1) is 34.5 Å². The van der Waals surface area contributed by atoms with Gasteiger partial charge >= 0.3 is 0 Å². The Kier molecular flexibility index (Phi) is 3.52. The fourth-order valence-corrected chi connectivity index (χ4v) is 7.52. The van der Waals surface area contributed by atoms with E-state index >= 15 is 0 Å². The fraction of sp³-hybridized carbons (Fsp3) is 1.00. The minimum atomic E-state index is -1.09. The summed E-state index contributed by atoms with van der Waals surface area (Å²) in [6, 6.07) is 0. The van der Waals surface area contributed by atoms with Crippen LogP contribution in [-0.2, 0) is 0 Å². The van der Waals surface area contributed by atoms with Gasteiger partial charge in [-0.25, -0.2) is 0 Å². The standard InChI is InChI=1S/C20H34O3/c1-12-4-5-15-14-10-17(22)20(23)11-13(21)6-9-19(20,3)16(14)7-8-18(12,15)2/h12-17,21-23H,4-11H2,1-3H3/t12?,13-,14?,15?,16?,17+,18+,19+,20-/m0/s1. The number of hydrogen-bond acceptors (Lipinski definition) is 3. The highest BCUT2D eigenvalue weighted by atomic mass is 16.3. The minimum absolute atomic E-state index is 0.234. The molecular formula is C20H34O3. The van der Waals surface area contributed by atoms with Crippen molar-refractivity contribution in [2.75, 3.05) is 0 Å². The van der Waals surface area contributed by atoms with Crippen LogP contribution in [0.4, 0.5) is 0 Å². The molecular weight excluding hydrogens is 288 g/mol. The van der Waals surface area contributed by atoms with E-state index in [1.807, 2.05) is 0 Å². The van der Waals surface area contributed by atoms with Gasteiger partial charge in [0.2, 0.25) is 0 Å². The molecule has 0 aromatic rings. The van der Waals surface area contributed by atoms with E-state index < -0.39 is 17.8 Å². The number of aliphatic hydroxyl groups is 3. The molecule has 132 valence electrons. The summed E-state index contributed by atoms with van der Waals surface area (Å²) in [5.41, 5.74) is -0.896. The molecule has 23 heavy (non-hydrogen) atoms. The van der Waals surface area contributed by atoms with Crippen LogP contribution in [0.5, 0.6) is 0 Å². The number of fused-ring (bicyclic) bond motifs is 5. The van der Waals surface area contributed by atoms with Gasteiger partial charge < -0.3 is 15.3 Å². The third-order valence-electron chi connectivity index (χ3n) is 9.31. The van der Waals surface area contributed by atoms with Gasteiger partial charge in [-0.2, -0.15) is 0 Å². The summed E-state index contributed by atoms with van der Waals surface area (Å²) in [5.74, 6) is 2.55. The molecule has 4 aliphatic rings. The van der Waals surface area contributed by atoms with Gasteiger partial charge in [-0.3, -0.25) is 0 Å². The molecule has 0 spiro atoms. The van der Waals surface area contributed by atoms with Crippen molar-refractivity contribution in [3.8, 4) is 0 Å². The Morgan fingerprint density at radius 2 is 1.65 bits per heavy atom. The van der Waals surface area contributed by atoms with Crippen LogP contribution in [-0.4, -0.2) is 33.1 Å². The molecule has 4 aliphatic carbocycles. The Bertz CT molecular complexity index is 493. The van der Waals surface area contributed by atoms with Crippen LogP contribution in [0.3, 0.4) is 0 Å². The Hall–Kier alpha value is -0.120. The van der Waals surface area contributed by atoms with Crippen molar-refractivity contribution in [3.05, 3.63) is 0 Å². The topological polar surface area (TPSA) is 60.7 Å². The van der Waals surface area contributed by atoms with E-state index in [9.17, 15) is 15.3 Å². The van der Waals surface area contributed by atoms with Crippen molar-refractivity contribution in [1.82, 2.24) is 0 Å². The van der Waals surface area contributed by atoms with Crippen LogP contribution in [0.15, 0.2) is 0 Å². The monoisotopic (exact) mass is 322 g/mol. The molecule has 4 rings (SSSR count). The Labute approximate surface area is 140 Å². The number of hydrogen-bond donors (Lipinski definition) is 3. The lowest BCUT2D eigenvalue weighted by Crippen LogP contribution is -2.68. The SMILES string of the molecule is CC1CCC2C3C[C@@H](O)[C@@]4(O)C[C@@H](O)CC[C@]4(C)C3CC[C@]12C. The van der Waals surface area contributed by atoms with Crippen LogP contribution in [0.25, 0.3) is 0 Å². The molecule has 4 unspecified atom stereocenters. The highest BCUT2D eigenvalue weighted by Gasteiger charge is 2.66. The van der Waals surface area contributed by atoms with Gasteiger partial charge in [0.05, 0.1) is 17.8 Å². The second-order valence-electron chi connectivity index (χ2n) is 9.89. The van der Waals surface area contributed by atoms with E-state index in [0.717, 1.165) is 25.2 Å². The van der Waals surface area contributed by atoms with Crippen LogP contribution >= 0.6 is 0 Å². The quantitative estimate of drug-likeness (QED) is 0.642. The molecule has 0 aromatic heterocycles. The number of rotatable bonds is 0. The first kappa shape index (κ1) is 16.4. The summed E-state index contributed by atoms with van der Waals surface area (Å²) < 4.78 is 0. The lowest BCUT2D eigenvalue weighted by atomic mass is 9.42. The van der Waals surface area contributed by atoms with Gasteiger partial charge in [0.15, 0.2) is 0 Å². The first-order valence-corrected chi connectivity index (χ1v) is 9.81. The highest BCUT2D eigenvalue weighted by molar-refractivity contribution is 5.16. The van der Waals surface area contributed by atoms with E-state index in [1.54, 1.807) is 0 Å². The van der Waals surface area contributed by atoms with Crippen molar-refractivity contribution >= 4 is 0 Å². The highest BCUT2D eigenvalue weighted by Crippen LogP contribution is 2.68. The van der Waals surface area contributed by atoms with E-state index in [0.29, 0.717) is 29.6 Å². The van der Waals surface area contributed by atoms with Crippen LogP contribution in [0.2, 0.25) is 0 Å². The van der Waals surface area contributed by atoms with Crippen molar-refractivity contribution in [1.29, 1.82) is 0 Å². The molecule has 0 aromatic carbocycles. The lowest BCUT2D eigenvalue weighted by Gasteiger charge is -2.65. The van der Waals surface area contributed by atoms with Crippen LogP contribution < -0.4 is 0 Å². The van der Waals surface area contributed by atoms with Gasteiger partial charge in [-0.15, -0.1) is 0 Å². The summed E-state index contributed by atoms with van der Waals surface area (Å²) in [7, 11) is 0. The van der Waals surface area contributed by atoms with E-state index in [4.69, 9.17) is 0 Å². The molecule has 0 bridgehead atoms. The zero-order valence-electron chi connectivity index (χ0n) is 15.0. The van der Waals surface area contributed by atoms with Gasteiger partial charge in [0, 0.05) is 11.8 Å². The van der Waals surface area contributed by atoms with Crippen molar-refractivity contribution in [2.45, 2.75) is 89.9 Å². The normalized spacial score (nSPS) is 62.3. The zero-order chi connectivity index (χ0) is 16.6. The second-order valence-corrected chi connectivity index (χ2v) is 9.89. The molecule has 0 radical (unpaired) electrons. The summed E-state index contributed by atoms with van der Waals surface area (Å²) in [5, 5.41) is 32.4. The van der Waals surface area contributed by atoms with E-state index in [2.05, 4.69) is 20.8 Å². The van der Waals surface area contributed by atoms with Crippen molar-refractivity contribution < 1.29 is 15.3 Å². The van der Waals surface area contributed by atoms with Crippen molar-refractivity contribution in [3.63, 3.8) is 0 Å². The Morgan fingerprint density at radius 3 is 2.39 bits per heavy atom. The van der Waals surface area contributed by atoms with Gasteiger partial charge in [0.1, 0.15) is 0 Å². The third-order valence-corrected chi connectivity index (χ3v) is 9.31. The predicted molar refractivity (Wildman–Crippen MR) is 89.7 cm³/mol. The molecule has 4 saturated carbocycles. The first-order valence-electron chi connectivity index (χ1n) is 9.81. The molecule has 9 atom stereocenters. The third kappa shape index (κ3) is 1.93. The Balaban J connectivity index is 1.71. The molecule has 0 saturated heterocycles. The van der Waals surface area contributed by atoms with Crippen LogP contribution in [0.1, 0.15) is 72.1 Å². The van der Waals surface area contributed by atoms with Crippen molar-refractivity contribution in [2.24, 2.45) is 34.5 Å². The zero-order valence-corrected chi connectivity index (χ0v) is 15.0. The van der Waals surface area contributed by atoms with Gasteiger partial charge in [0.25, 0.3) is 0 Å². The second kappa shape index (κ2) is 4.95. The molecule has 3 nitrogen and oxygen atoms in total. The minimum Gasteiger partial charge on any atom is -0.393 e. The maximum atomic E-state index is 11.4. The average Bonchev–Trinajstić information content (AvgIpc) is 2.79. The van der Waals surface area contributed by atoms with Gasteiger partial charge in [-0.1, -0.05) is 20.8 Å². The number of aliphatic hydroxyl groups excluding tert-OH is 2. The summed E-state index contributed by atoms with van der Waals surface area (Å²) in [6.07, 6.45) is 6.63. The largest absolute Gasteiger partial charge is 0.393 e. The summed E-state index contributed by atoms with van der Waals surface area (Å²) in [6.45, 7) is 7.10. The molecule has 3 N–H and O–H groups in total. The maximum absolute atomic E-state index is 11.4. The predicted octanol–water partition coefficient (Wildman–Crippen LogP) is 3.11. The molecule has 3 heteroatoms. The molecule has 0 heterocycles. The summed E-state index contributed by atoms with van der Waals surface area (Å²) >= 11 is 0. The molecule has 0 amide bonds. The summed E-state index contributed by atoms with van der Waals surface area (Å²) in [4.78, 5) is 0. The maximum Gasteiger partial charge on any atom is 0.0985 e. The lowest BCUT2D eigenvalue weighted by molar-refractivity contribution is -0.264. The van der Waals surface area contributed by atoms with E-state index in [-0.39, 0.29) is 5.41 Å². The molecule has 4 fully saturated rings. The molecule has 0 aliphatic heterocycles. The smallest absolute Gasteiger partial charge is 0.0985 e. The average molecular weight is 322 g/mol. The first-order chi connectivity index (χ1) is 10.7. The van der Waals surface area contributed by atoms with Gasteiger partial charge in [-0.05, 0) is 74.0 Å². The van der Waals surface area contributed by atoms with E-state index in [1.165, 1.54) is 25.7 Å².